The molecule has 0 spiro atoms. The van der Waals surface area contributed by atoms with Crippen molar-refractivity contribution in [1.82, 2.24) is 15.0 Å². The number of aryl methyl sites for hydroxylation is 1. The molecule has 0 aliphatic heterocycles. The van der Waals surface area contributed by atoms with Gasteiger partial charge in [0.25, 0.3) is 11.8 Å². The van der Waals surface area contributed by atoms with E-state index in [2.05, 4.69) is 22.0 Å². The molecule has 2 aromatic rings. The fraction of sp³-hybridized carbons (Fsp3) is 0.550. The van der Waals surface area contributed by atoms with E-state index in [1.165, 1.54) is 12.8 Å². The molecule has 1 amide bonds. The van der Waals surface area contributed by atoms with E-state index in [0.29, 0.717) is 23.8 Å². The van der Waals surface area contributed by atoms with E-state index in [1.807, 2.05) is 24.3 Å². The van der Waals surface area contributed by atoms with Crippen LogP contribution in [0.2, 0.25) is 0 Å². The van der Waals surface area contributed by atoms with Gasteiger partial charge in [0.15, 0.2) is 5.82 Å². The van der Waals surface area contributed by atoms with E-state index >= 15 is 0 Å². The van der Waals surface area contributed by atoms with Crippen molar-refractivity contribution in [2.45, 2.75) is 64.5 Å². The Morgan fingerprint density at radius 1 is 1.04 bits per heavy atom. The minimum atomic E-state index is 0.176. The lowest BCUT2D eigenvalue weighted by molar-refractivity contribution is 0.0593. The molecule has 5 heteroatoms. The van der Waals surface area contributed by atoms with Crippen molar-refractivity contribution in [2.75, 3.05) is 0 Å². The zero-order valence-electron chi connectivity index (χ0n) is 14.9. The number of nitrogens with zero attached hydrogens (tertiary/aromatic N) is 3. The average molecular weight is 339 g/mol. The van der Waals surface area contributed by atoms with Gasteiger partial charge in [-0.3, -0.25) is 4.79 Å². The van der Waals surface area contributed by atoms with Crippen molar-refractivity contribution in [1.29, 1.82) is 0 Å². The summed E-state index contributed by atoms with van der Waals surface area (Å²) in [6.07, 6.45) is 7.05. The van der Waals surface area contributed by atoms with Gasteiger partial charge in [-0.25, -0.2) is 0 Å². The summed E-state index contributed by atoms with van der Waals surface area (Å²) >= 11 is 0. The number of carbonyl (C=O) groups excluding carboxylic acids is 1. The number of hydrogen-bond acceptors (Lipinski definition) is 4. The summed E-state index contributed by atoms with van der Waals surface area (Å²) in [4.78, 5) is 19.5. The molecule has 2 aliphatic rings. The quantitative estimate of drug-likeness (QED) is 0.836. The number of amides is 1. The van der Waals surface area contributed by atoms with Crippen LogP contribution in [0, 0.1) is 12.8 Å². The summed E-state index contributed by atoms with van der Waals surface area (Å²) in [6, 6.07) is 8.43. The summed E-state index contributed by atoms with van der Waals surface area (Å²) in [5.74, 6) is 2.08. The normalized spacial score (nSPS) is 23.4. The van der Waals surface area contributed by atoms with E-state index in [1.54, 1.807) is 6.92 Å². The van der Waals surface area contributed by atoms with Crippen LogP contribution in [0.3, 0.4) is 0 Å². The topological polar surface area (TPSA) is 59.2 Å². The van der Waals surface area contributed by atoms with Gasteiger partial charge in [0.2, 0.25) is 0 Å². The SMILES string of the molecule is Cc1noc(-c2ccc(C(=O)N(C3CCC(C)CC3)C3CC3)cc2)n1. The molecule has 5 nitrogen and oxygen atoms in total. The summed E-state index contributed by atoms with van der Waals surface area (Å²) in [5, 5.41) is 3.82. The highest BCUT2D eigenvalue weighted by Crippen LogP contribution is 2.36. The first kappa shape index (κ1) is 16.3. The Bertz CT molecular complexity index is 741. The van der Waals surface area contributed by atoms with Gasteiger partial charge in [0, 0.05) is 23.2 Å². The highest BCUT2D eigenvalue weighted by atomic mass is 16.5. The van der Waals surface area contributed by atoms with Gasteiger partial charge in [-0.2, -0.15) is 4.98 Å². The third kappa shape index (κ3) is 3.46. The largest absolute Gasteiger partial charge is 0.334 e. The van der Waals surface area contributed by atoms with Gasteiger partial charge >= 0.3 is 0 Å². The zero-order valence-corrected chi connectivity index (χ0v) is 14.9. The number of benzene rings is 1. The molecule has 2 aliphatic carbocycles. The Kier molecular flexibility index (Phi) is 4.32. The first-order valence-corrected chi connectivity index (χ1v) is 9.35. The predicted molar refractivity (Wildman–Crippen MR) is 95.1 cm³/mol. The molecule has 1 heterocycles. The number of rotatable bonds is 4. The van der Waals surface area contributed by atoms with Crippen LogP contribution in [0.15, 0.2) is 28.8 Å². The van der Waals surface area contributed by atoms with Gasteiger partial charge < -0.3 is 9.42 Å². The summed E-state index contributed by atoms with van der Waals surface area (Å²) in [5.41, 5.74) is 1.60. The van der Waals surface area contributed by atoms with E-state index in [9.17, 15) is 4.79 Å². The molecule has 0 bridgehead atoms. The van der Waals surface area contributed by atoms with Crippen molar-refractivity contribution < 1.29 is 9.32 Å². The second-order valence-corrected chi connectivity index (χ2v) is 7.58. The van der Waals surface area contributed by atoms with Crippen molar-refractivity contribution in [3.63, 3.8) is 0 Å². The highest BCUT2D eigenvalue weighted by Gasteiger charge is 2.38. The van der Waals surface area contributed by atoms with Crippen LogP contribution in [0.4, 0.5) is 0 Å². The van der Waals surface area contributed by atoms with Gasteiger partial charge in [-0.15, -0.1) is 0 Å². The highest BCUT2D eigenvalue weighted by molar-refractivity contribution is 5.95. The third-order valence-corrected chi connectivity index (χ3v) is 5.46. The van der Waals surface area contributed by atoms with Crippen molar-refractivity contribution in [2.24, 2.45) is 5.92 Å². The third-order valence-electron chi connectivity index (χ3n) is 5.46. The Balaban J connectivity index is 1.52. The molecule has 2 saturated carbocycles. The molecular formula is C20H25N3O2. The monoisotopic (exact) mass is 339 g/mol. The molecule has 1 aromatic carbocycles. The van der Waals surface area contributed by atoms with E-state index in [-0.39, 0.29) is 5.91 Å². The van der Waals surface area contributed by atoms with Crippen LogP contribution in [0.1, 0.15) is 61.6 Å². The Morgan fingerprint density at radius 2 is 1.64 bits per heavy atom. The van der Waals surface area contributed by atoms with E-state index < -0.39 is 0 Å². The Labute approximate surface area is 148 Å². The lowest BCUT2D eigenvalue weighted by Gasteiger charge is -2.36. The molecule has 25 heavy (non-hydrogen) atoms. The van der Waals surface area contributed by atoms with Crippen LogP contribution in [-0.4, -0.2) is 33.0 Å². The van der Waals surface area contributed by atoms with Crippen LogP contribution in [0.25, 0.3) is 11.5 Å². The van der Waals surface area contributed by atoms with Crippen LogP contribution >= 0.6 is 0 Å². The molecule has 4 rings (SSSR count). The molecule has 2 fully saturated rings. The number of hydrogen-bond donors (Lipinski definition) is 0. The van der Waals surface area contributed by atoms with Gasteiger partial charge in [0.1, 0.15) is 0 Å². The molecule has 1 aromatic heterocycles. The maximum absolute atomic E-state index is 13.1. The fourth-order valence-corrected chi connectivity index (χ4v) is 3.82. The lowest BCUT2D eigenvalue weighted by Crippen LogP contribution is -2.43. The molecule has 0 N–H and O–H groups in total. The Morgan fingerprint density at radius 3 is 2.16 bits per heavy atom. The average Bonchev–Trinajstić information content (AvgIpc) is 3.36. The molecular weight excluding hydrogens is 314 g/mol. The summed E-state index contributed by atoms with van der Waals surface area (Å²) in [7, 11) is 0. The van der Waals surface area contributed by atoms with E-state index in [0.717, 1.165) is 42.7 Å². The number of carbonyl (C=O) groups is 1. The molecule has 0 saturated heterocycles. The summed E-state index contributed by atoms with van der Waals surface area (Å²) in [6.45, 7) is 4.11. The second-order valence-electron chi connectivity index (χ2n) is 7.58. The zero-order chi connectivity index (χ0) is 17.4. The standard InChI is InChI=1S/C20H25N3O2/c1-13-3-9-17(10-4-13)23(18-11-12-18)20(24)16-7-5-15(6-8-16)19-21-14(2)22-25-19/h5-8,13,17-18H,3-4,9-12H2,1-2H3. The van der Waals surface area contributed by atoms with E-state index in [4.69, 9.17) is 4.52 Å². The van der Waals surface area contributed by atoms with Crippen molar-refractivity contribution >= 4 is 5.91 Å². The lowest BCUT2D eigenvalue weighted by atomic mass is 9.86. The first-order valence-electron chi connectivity index (χ1n) is 9.35. The molecule has 0 radical (unpaired) electrons. The fourth-order valence-electron chi connectivity index (χ4n) is 3.82. The molecule has 132 valence electrons. The van der Waals surface area contributed by atoms with Gasteiger partial charge in [0.05, 0.1) is 0 Å². The smallest absolute Gasteiger partial charge is 0.257 e. The summed E-state index contributed by atoms with van der Waals surface area (Å²) < 4.78 is 5.20. The second kappa shape index (κ2) is 6.62. The molecule has 0 unspecified atom stereocenters. The Hall–Kier alpha value is -2.17. The van der Waals surface area contributed by atoms with Crippen LogP contribution in [0.5, 0.6) is 0 Å². The van der Waals surface area contributed by atoms with Crippen molar-refractivity contribution in [3.05, 3.63) is 35.7 Å². The van der Waals surface area contributed by atoms with Crippen LogP contribution < -0.4 is 0 Å². The first-order chi connectivity index (χ1) is 12.1. The minimum Gasteiger partial charge on any atom is -0.334 e. The van der Waals surface area contributed by atoms with Gasteiger partial charge in [-0.05, 0) is 75.6 Å². The maximum Gasteiger partial charge on any atom is 0.257 e. The molecule has 0 atom stereocenters. The minimum absolute atomic E-state index is 0.176. The van der Waals surface area contributed by atoms with Crippen LogP contribution in [-0.2, 0) is 0 Å². The number of aromatic nitrogens is 2. The van der Waals surface area contributed by atoms with Crippen molar-refractivity contribution in [3.8, 4) is 11.5 Å². The predicted octanol–water partition coefficient (Wildman–Crippen LogP) is 4.23. The maximum atomic E-state index is 13.1. The van der Waals surface area contributed by atoms with Gasteiger partial charge in [-0.1, -0.05) is 12.1 Å².